The molecule has 0 aromatic heterocycles. The quantitative estimate of drug-likeness (QED) is 0.538. The van der Waals surface area contributed by atoms with Crippen LogP contribution in [0.2, 0.25) is 0 Å². The summed E-state index contributed by atoms with van der Waals surface area (Å²) >= 11 is 0. The summed E-state index contributed by atoms with van der Waals surface area (Å²) in [5.74, 6) is -1.09. The van der Waals surface area contributed by atoms with Crippen LogP contribution in [0.15, 0.2) is 11.6 Å². The lowest BCUT2D eigenvalue weighted by molar-refractivity contribution is -0.174. The van der Waals surface area contributed by atoms with Gasteiger partial charge in [-0.2, -0.15) is 0 Å². The molecule has 2 aliphatic heterocycles. The molecule has 4 heteroatoms. The largest absolute Gasteiger partial charge is 0.341 e. The molecule has 4 atom stereocenters. The van der Waals surface area contributed by atoms with Crippen molar-refractivity contribution < 1.29 is 18.9 Å². The number of rotatable bonds is 6. The first-order valence-corrected chi connectivity index (χ1v) is 9.24. The van der Waals surface area contributed by atoms with Crippen LogP contribution < -0.4 is 0 Å². The van der Waals surface area contributed by atoms with E-state index in [2.05, 4.69) is 13.0 Å². The first kappa shape index (κ1) is 17.4. The van der Waals surface area contributed by atoms with Crippen LogP contribution in [-0.4, -0.2) is 36.0 Å². The molecule has 0 radical (unpaired) electrons. The van der Waals surface area contributed by atoms with Crippen LogP contribution in [0, 0.1) is 0 Å². The SMILES string of the molecule is CCCCCCCC=C1[C@H]2OC(C)(C)O[C@H]2[C@@H]2OC(C)(C)O[C@H]12. The van der Waals surface area contributed by atoms with E-state index in [1.807, 2.05) is 27.7 Å². The van der Waals surface area contributed by atoms with Crippen molar-refractivity contribution in [3.05, 3.63) is 11.6 Å². The molecule has 0 aromatic rings. The highest BCUT2D eigenvalue weighted by molar-refractivity contribution is 5.29. The zero-order valence-corrected chi connectivity index (χ0v) is 15.3. The van der Waals surface area contributed by atoms with Crippen molar-refractivity contribution in [3.8, 4) is 0 Å². The van der Waals surface area contributed by atoms with Crippen molar-refractivity contribution >= 4 is 0 Å². The summed E-state index contributed by atoms with van der Waals surface area (Å²) in [7, 11) is 0. The van der Waals surface area contributed by atoms with Gasteiger partial charge in [-0.15, -0.1) is 0 Å². The van der Waals surface area contributed by atoms with E-state index in [0.29, 0.717) is 0 Å². The molecular formula is C19H32O4. The lowest BCUT2D eigenvalue weighted by atomic mass is 10.1. The van der Waals surface area contributed by atoms with E-state index in [1.54, 1.807) is 0 Å². The Morgan fingerprint density at radius 1 is 0.783 bits per heavy atom. The molecule has 0 amide bonds. The Hall–Kier alpha value is -0.420. The lowest BCUT2D eigenvalue weighted by Crippen LogP contribution is -2.34. The third-order valence-electron chi connectivity index (χ3n) is 4.93. The minimum atomic E-state index is -0.545. The Kier molecular flexibility index (Phi) is 4.90. The zero-order valence-electron chi connectivity index (χ0n) is 15.3. The van der Waals surface area contributed by atoms with E-state index in [1.165, 1.54) is 37.7 Å². The zero-order chi connectivity index (χ0) is 16.7. The summed E-state index contributed by atoms with van der Waals surface area (Å²) in [4.78, 5) is 0. The molecule has 2 saturated heterocycles. The number of ether oxygens (including phenoxy) is 4. The molecule has 1 saturated carbocycles. The minimum Gasteiger partial charge on any atom is -0.341 e. The van der Waals surface area contributed by atoms with Gasteiger partial charge in [0.1, 0.15) is 24.4 Å². The standard InChI is InChI=1S/C19H32O4/c1-6-7-8-9-10-11-12-13-14-16(22-18(2,3)20-14)17-15(13)21-19(4,5)23-17/h12,14-17H,6-11H2,1-5H3/t14-,15-,16-,17-/m1/s1. The highest BCUT2D eigenvalue weighted by Crippen LogP contribution is 2.49. The predicted molar refractivity (Wildman–Crippen MR) is 89.1 cm³/mol. The van der Waals surface area contributed by atoms with Crippen LogP contribution in [0.1, 0.15) is 73.1 Å². The molecule has 3 fully saturated rings. The number of hydrogen-bond donors (Lipinski definition) is 0. The van der Waals surface area contributed by atoms with Crippen LogP contribution in [0.4, 0.5) is 0 Å². The second kappa shape index (κ2) is 6.47. The second-order valence-electron chi connectivity index (χ2n) is 7.95. The number of fused-ring (bicyclic) bond motifs is 3. The van der Waals surface area contributed by atoms with Crippen molar-refractivity contribution in [2.45, 2.75) is 109 Å². The van der Waals surface area contributed by atoms with Crippen LogP contribution in [0.3, 0.4) is 0 Å². The molecule has 3 rings (SSSR count). The first-order valence-electron chi connectivity index (χ1n) is 9.24. The Morgan fingerprint density at radius 2 is 1.30 bits per heavy atom. The Morgan fingerprint density at radius 3 is 1.83 bits per heavy atom. The average Bonchev–Trinajstić information content (AvgIpc) is 3.00. The Bertz CT molecular complexity index is 422. The second-order valence-corrected chi connectivity index (χ2v) is 7.95. The van der Waals surface area contributed by atoms with Gasteiger partial charge in [0.15, 0.2) is 11.6 Å². The molecule has 0 spiro atoms. The highest BCUT2D eigenvalue weighted by atomic mass is 16.8. The van der Waals surface area contributed by atoms with Crippen LogP contribution in [-0.2, 0) is 18.9 Å². The molecule has 2 heterocycles. The van der Waals surface area contributed by atoms with E-state index >= 15 is 0 Å². The van der Waals surface area contributed by atoms with Crippen molar-refractivity contribution in [1.29, 1.82) is 0 Å². The molecule has 0 unspecified atom stereocenters. The summed E-state index contributed by atoms with van der Waals surface area (Å²) < 4.78 is 24.5. The van der Waals surface area contributed by atoms with Crippen molar-refractivity contribution in [1.82, 2.24) is 0 Å². The van der Waals surface area contributed by atoms with Crippen molar-refractivity contribution in [2.24, 2.45) is 0 Å². The minimum absolute atomic E-state index is 0.0215. The number of allylic oxidation sites excluding steroid dienone is 1. The van der Waals surface area contributed by atoms with E-state index in [-0.39, 0.29) is 24.4 Å². The Balaban J connectivity index is 1.67. The summed E-state index contributed by atoms with van der Waals surface area (Å²) in [6, 6.07) is 0. The molecule has 1 aliphatic carbocycles. The number of hydrogen-bond acceptors (Lipinski definition) is 4. The van der Waals surface area contributed by atoms with Crippen LogP contribution >= 0.6 is 0 Å². The van der Waals surface area contributed by atoms with Gasteiger partial charge in [0.05, 0.1) is 0 Å². The maximum Gasteiger partial charge on any atom is 0.164 e. The maximum atomic E-state index is 6.13. The summed E-state index contributed by atoms with van der Waals surface area (Å²) in [6.07, 6.45) is 9.74. The van der Waals surface area contributed by atoms with Gasteiger partial charge >= 0.3 is 0 Å². The Labute approximate surface area is 140 Å². The van der Waals surface area contributed by atoms with Gasteiger partial charge in [0.25, 0.3) is 0 Å². The van der Waals surface area contributed by atoms with E-state index in [0.717, 1.165) is 6.42 Å². The van der Waals surface area contributed by atoms with Crippen molar-refractivity contribution in [2.75, 3.05) is 0 Å². The van der Waals surface area contributed by atoms with Crippen molar-refractivity contribution in [3.63, 3.8) is 0 Å². The maximum absolute atomic E-state index is 6.13. The molecule has 4 nitrogen and oxygen atoms in total. The fourth-order valence-electron chi connectivity index (χ4n) is 3.99. The van der Waals surface area contributed by atoms with Gasteiger partial charge in [0, 0.05) is 0 Å². The summed E-state index contributed by atoms with van der Waals surface area (Å²) in [5.41, 5.74) is 1.23. The van der Waals surface area contributed by atoms with Gasteiger partial charge in [-0.1, -0.05) is 38.7 Å². The molecular weight excluding hydrogens is 292 g/mol. The van der Waals surface area contributed by atoms with E-state index < -0.39 is 11.6 Å². The monoisotopic (exact) mass is 324 g/mol. The van der Waals surface area contributed by atoms with Gasteiger partial charge in [0.2, 0.25) is 0 Å². The van der Waals surface area contributed by atoms with E-state index in [4.69, 9.17) is 18.9 Å². The summed E-state index contributed by atoms with van der Waals surface area (Å²) in [6.45, 7) is 10.2. The van der Waals surface area contributed by atoms with Gasteiger partial charge in [-0.3, -0.25) is 0 Å². The smallest absolute Gasteiger partial charge is 0.164 e. The average molecular weight is 324 g/mol. The molecule has 0 bridgehead atoms. The van der Waals surface area contributed by atoms with Crippen LogP contribution in [0.5, 0.6) is 0 Å². The molecule has 132 valence electrons. The third-order valence-corrected chi connectivity index (χ3v) is 4.93. The number of unbranched alkanes of at least 4 members (excludes halogenated alkanes) is 5. The van der Waals surface area contributed by atoms with Crippen LogP contribution in [0.25, 0.3) is 0 Å². The lowest BCUT2D eigenvalue weighted by Gasteiger charge is -2.22. The highest BCUT2D eigenvalue weighted by Gasteiger charge is 2.62. The van der Waals surface area contributed by atoms with E-state index in [9.17, 15) is 0 Å². The molecule has 23 heavy (non-hydrogen) atoms. The fourth-order valence-corrected chi connectivity index (χ4v) is 3.99. The molecule has 3 aliphatic rings. The fraction of sp³-hybridized carbons (Fsp3) is 0.895. The van der Waals surface area contributed by atoms with Gasteiger partial charge < -0.3 is 18.9 Å². The topological polar surface area (TPSA) is 36.9 Å². The predicted octanol–water partition coefficient (Wildman–Crippen LogP) is 4.33. The van der Waals surface area contributed by atoms with Gasteiger partial charge in [-0.05, 0) is 46.1 Å². The van der Waals surface area contributed by atoms with Gasteiger partial charge in [-0.25, -0.2) is 0 Å². The normalized spacial score (nSPS) is 37.0. The third kappa shape index (κ3) is 3.65. The molecule has 0 aromatic carbocycles. The summed E-state index contributed by atoms with van der Waals surface area (Å²) in [5, 5.41) is 0. The first-order chi connectivity index (χ1) is 10.8. The molecule has 0 N–H and O–H groups in total.